The minimum Gasteiger partial charge on any atom is -0.548 e. The van der Waals surface area contributed by atoms with E-state index in [1.807, 2.05) is 60.3 Å². The van der Waals surface area contributed by atoms with Crippen molar-refractivity contribution < 1.29 is 14.7 Å². The molecule has 1 amide bonds. The Bertz CT molecular complexity index is 858. The number of carboxylic acids is 1. The summed E-state index contributed by atoms with van der Waals surface area (Å²) in [6.45, 7) is 0. The number of carbonyl (C=O) groups excluding carboxylic acids is 2. The molecule has 1 saturated heterocycles. The van der Waals surface area contributed by atoms with Gasteiger partial charge in [-0.3, -0.25) is 9.69 Å². The number of benzene rings is 1. The zero-order chi connectivity index (χ0) is 18.0. The van der Waals surface area contributed by atoms with E-state index >= 15 is 0 Å². The number of thiocarbonyl (C=S) groups is 1. The van der Waals surface area contributed by atoms with Crippen LogP contribution in [0.2, 0.25) is 0 Å². The highest BCUT2D eigenvalue weighted by Crippen LogP contribution is 2.34. The van der Waals surface area contributed by atoms with E-state index in [4.69, 9.17) is 12.2 Å². The number of hydrogen-bond acceptors (Lipinski definition) is 5. The maximum atomic E-state index is 12.7. The fourth-order valence-corrected chi connectivity index (χ4v) is 3.97. The summed E-state index contributed by atoms with van der Waals surface area (Å²) in [6, 6.07) is 11.7. The van der Waals surface area contributed by atoms with Crippen LogP contribution in [0.1, 0.15) is 11.3 Å². The van der Waals surface area contributed by atoms with Crippen molar-refractivity contribution >= 4 is 46.3 Å². The first-order valence-corrected chi connectivity index (χ1v) is 8.83. The average molecular weight is 371 g/mol. The van der Waals surface area contributed by atoms with E-state index in [0.717, 1.165) is 27.9 Å². The van der Waals surface area contributed by atoms with E-state index < -0.39 is 17.9 Å². The van der Waals surface area contributed by atoms with Crippen LogP contribution in [0.5, 0.6) is 0 Å². The lowest BCUT2D eigenvalue weighted by Gasteiger charge is -2.27. The summed E-state index contributed by atoms with van der Waals surface area (Å²) >= 11 is 6.37. The van der Waals surface area contributed by atoms with Crippen LogP contribution in [0.3, 0.4) is 0 Å². The Labute approximate surface area is 154 Å². The van der Waals surface area contributed by atoms with Gasteiger partial charge in [-0.05, 0) is 30.2 Å². The molecule has 0 unspecified atom stereocenters. The van der Waals surface area contributed by atoms with Gasteiger partial charge in [-0.2, -0.15) is 0 Å². The van der Waals surface area contributed by atoms with Crippen LogP contribution in [0, 0.1) is 0 Å². The Morgan fingerprint density at radius 2 is 2.00 bits per heavy atom. The average Bonchev–Trinajstić information content (AvgIpc) is 3.10. The van der Waals surface area contributed by atoms with Crippen molar-refractivity contribution in [1.29, 1.82) is 0 Å². The molecule has 0 N–H and O–H groups in total. The molecule has 25 heavy (non-hydrogen) atoms. The van der Waals surface area contributed by atoms with Crippen molar-refractivity contribution in [3.63, 3.8) is 0 Å². The molecule has 1 atom stereocenters. The predicted molar refractivity (Wildman–Crippen MR) is 99.4 cm³/mol. The van der Waals surface area contributed by atoms with Crippen molar-refractivity contribution in [2.24, 2.45) is 7.05 Å². The zero-order valence-corrected chi connectivity index (χ0v) is 15.0. The molecule has 7 heteroatoms. The third-order valence-corrected chi connectivity index (χ3v) is 5.27. The van der Waals surface area contributed by atoms with Crippen LogP contribution in [0.25, 0.3) is 6.08 Å². The summed E-state index contributed by atoms with van der Waals surface area (Å²) in [5.74, 6) is -1.72. The molecule has 0 bridgehead atoms. The second-order valence-corrected chi connectivity index (χ2v) is 7.30. The van der Waals surface area contributed by atoms with Crippen molar-refractivity contribution in [2.45, 2.75) is 12.5 Å². The van der Waals surface area contributed by atoms with Gasteiger partial charge < -0.3 is 14.5 Å². The van der Waals surface area contributed by atoms with Gasteiger partial charge in [-0.1, -0.05) is 54.3 Å². The SMILES string of the molecule is Cn1cccc1/C=C1/SC(=S)N([C@H](Cc2ccccc2)C(=O)[O-])C1=O. The molecule has 1 aliphatic heterocycles. The van der Waals surface area contributed by atoms with Crippen molar-refractivity contribution in [1.82, 2.24) is 9.47 Å². The minimum atomic E-state index is -1.32. The molecule has 0 radical (unpaired) electrons. The molecule has 2 heterocycles. The third-order valence-electron chi connectivity index (χ3n) is 3.94. The smallest absolute Gasteiger partial charge is 0.266 e. The van der Waals surface area contributed by atoms with E-state index in [-0.39, 0.29) is 10.7 Å². The van der Waals surface area contributed by atoms with Gasteiger partial charge in [0.15, 0.2) is 0 Å². The second-order valence-electron chi connectivity index (χ2n) is 5.62. The molecule has 1 fully saturated rings. The Balaban J connectivity index is 1.88. The van der Waals surface area contributed by atoms with Crippen molar-refractivity contribution in [3.05, 3.63) is 64.8 Å². The lowest BCUT2D eigenvalue weighted by Crippen LogP contribution is -2.51. The van der Waals surface area contributed by atoms with Gasteiger partial charge in [0.1, 0.15) is 4.32 Å². The molecule has 5 nitrogen and oxygen atoms in total. The van der Waals surface area contributed by atoms with Crippen LogP contribution in [-0.2, 0) is 23.1 Å². The van der Waals surface area contributed by atoms with Gasteiger partial charge in [-0.15, -0.1) is 0 Å². The molecule has 1 aliphatic rings. The third kappa shape index (κ3) is 3.67. The molecule has 3 rings (SSSR count). The highest BCUT2D eigenvalue weighted by molar-refractivity contribution is 8.26. The van der Waals surface area contributed by atoms with Crippen LogP contribution in [0.15, 0.2) is 53.6 Å². The fourth-order valence-electron chi connectivity index (χ4n) is 2.62. The summed E-state index contributed by atoms with van der Waals surface area (Å²) < 4.78 is 2.10. The number of carbonyl (C=O) groups is 2. The van der Waals surface area contributed by atoms with Gasteiger partial charge >= 0.3 is 0 Å². The van der Waals surface area contributed by atoms with Gasteiger partial charge in [0.25, 0.3) is 5.91 Å². The van der Waals surface area contributed by atoms with Gasteiger partial charge in [0, 0.05) is 18.9 Å². The number of rotatable bonds is 5. The molecule has 128 valence electrons. The van der Waals surface area contributed by atoms with Crippen molar-refractivity contribution in [3.8, 4) is 0 Å². The van der Waals surface area contributed by atoms with Crippen LogP contribution in [-0.4, -0.2) is 31.7 Å². The van der Waals surface area contributed by atoms with Crippen LogP contribution >= 0.6 is 24.0 Å². The number of hydrogen-bond donors (Lipinski definition) is 0. The van der Waals surface area contributed by atoms with Crippen LogP contribution < -0.4 is 5.11 Å². The first kappa shape index (κ1) is 17.4. The van der Waals surface area contributed by atoms with E-state index in [1.165, 1.54) is 0 Å². The molecule has 1 aromatic carbocycles. The van der Waals surface area contributed by atoms with E-state index in [2.05, 4.69) is 0 Å². The Morgan fingerprint density at radius 1 is 1.28 bits per heavy atom. The molecular formula is C18H15N2O3S2-. The highest BCUT2D eigenvalue weighted by atomic mass is 32.2. The van der Waals surface area contributed by atoms with Gasteiger partial charge in [-0.25, -0.2) is 0 Å². The summed E-state index contributed by atoms with van der Waals surface area (Å²) in [5.41, 5.74) is 1.64. The molecule has 0 saturated carbocycles. The molecular weight excluding hydrogens is 356 g/mol. The highest BCUT2D eigenvalue weighted by Gasteiger charge is 2.37. The second kappa shape index (κ2) is 7.25. The summed E-state index contributed by atoms with van der Waals surface area (Å²) in [5, 5.41) is 11.7. The monoisotopic (exact) mass is 371 g/mol. The number of nitrogens with zero attached hydrogens (tertiary/aromatic N) is 2. The zero-order valence-electron chi connectivity index (χ0n) is 13.4. The summed E-state index contributed by atoms with van der Waals surface area (Å²) in [7, 11) is 1.87. The summed E-state index contributed by atoms with van der Waals surface area (Å²) in [4.78, 5) is 26.0. The van der Waals surface area contributed by atoms with E-state index in [1.54, 1.807) is 6.08 Å². The fraction of sp³-hybridized carbons (Fsp3) is 0.167. The van der Waals surface area contributed by atoms with E-state index in [0.29, 0.717) is 4.91 Å². The first-order chi connectivity index (χ1) is 12.0. The molecule has 1 aromatic heterocycles. The maximum Gasteiger partial charge on any atom is 0.266 e. The lowest BCUT2D eigenvalue weighted by atomic mass is 10.0. The number of amides is 1. The number of aliphatic carboxylic acids is 1. The quantitative estimate of drug-likeness (QED) is 0.590. The predicted octanol–water partition coefficient (Wildman–Crippen LogP) is 1.59. The Kier molecular flexibility index (Phi) is 5.06. The standard InChI is InChI=1S/C18H16N2O3S2/c1-19-9-5-8-13(19)11-15-16(21)20(18(24)25-15)14(17(22)23)10-12-6-3-2-4-7-12/h2-9,11,14H,10H2,1H3,(H,22,23)/p-1/b15-11+/t14-/m1/s1. The number of thioether (sulfide) groups is 1. The Hall–Kier alpha value is -2.38. The number of carboxylic acid groups (broad SMARTS) is 1. The van der Waals surface area contributed by atoms with Gasteiger partial charge in [0.2, 0.25) is 0 Å². The largest absolute Gasteiger partial charge is 0.548 e. The lowest BCUT2D eigenvalue weighted by molar-refractivity contribution is -0.310. The van der Waals surface area contributed by atoms with Crippen molar-refractivity contribution in [2.75, 3.05) is 0 Å². The Morgan fingerprint density at radius 3 is 2.60 bits per heavy atom. The normalized spacial score (nSPS) is 17.3. The molecule has 0 aliphatic carbocycles. The number of aryl methyl sites for hydroxylation is 1. The minimum absolute atomic E-state index is 0.146. The summed E-state index contributed by atoms with van der Waals surface area (Å²) in [6.07, 6.45) is 3.73. The molecule has 0 spiro atoms. The van der Waals surface area contributed by atoms with Gasteiger partial charge in [0.05, 0.1) is 16.9 Å². The molecule has 2 aromatic rings. The maximum absolute atomic E-state index is 12.7. The first-order valence-electron chi connectivity index (χ1n) is 7.60. The van der Waals surface area contributed by atoms with E-state index in [9.17, 15) is 14.7 Å². The number of aromatic nitrogens is 1. The topological polar surface area (TPSA) is 65.4 Å². The van der Waals surface area contributed by atoms with Crippen LogP contribution in [0.4, 0.5) is 0 Å².